The predicted molar refractivity (Wildman–Crippen MR) is 50.5 cm³/mol. The predicted octanol–water partition coefficient (Wildman–Crippen LogP) is 1.64. The highest BCUT2D eigenvalue weighted by Crippen LogP contribution is 2.35. The molecular weight excluding hydrogens is 164 g/mol. The molecule has 3 nitrogen and oxygen atoms in total. The lowest BCUT2D eigenvalue weighted by atomic mass is 9.92. The number of pyridine rings is 1. The Morgan fingerprint density at radius 2 is 2.38 bits per heavy atom. The van der Waals surface area contributed by atoms with E-state index >= 15 is 0 Å². The molecule has 13 heavy (non-hydrogen) atoms. The van der Waals surface area contributed by atoms with Crippen LogP contribution in [-0.4, -0.2) is 10.6 Å². The van der Waals surface area contributed by atoms with Gasteiger partial charge in [-0.15, -0.1) is 0 Å². The number of hydrogen-bond acceptors (Lipinski definition) is 3. The molecule has 0 spiro atoms. The van der Waals surface area contributed by atoms with Gasteiger partial charge in [-0.25, -0.2) is 4.98 Å². The smallest absolute Gasteiger partial charge is 0.218 e. The summed E-state index contributed by atoms with van der Waals surface area (Å²) >= 11 is 0. The molecular formula is C10H14N2O. The van der Waals surface area contributed by atoms with Gasteiger partial charge < -0.3 is 10.5 Å². The third-order valence-corrected chi connectivity index (χ3v) is 2.28. The summed E-state index contributed by atoms with van der Waals surface area (Å²) in [6, 6.07) is 3.91. The highest BCUT2D eigenvalue weighted by atomic mass is 16.5. The highest BCUT2D eigenvalue weighted by molar-refractivity contribution is 5.31. The first-order valence-electron chi connectivity index (χ1n) is 4.48. The molecule has 0 bridgehead atoms. The molecule has 1 unspecified atom stereocenters. The van der Waals surface area contributed by atoms with Gasteiger partial charge in [0.15, 0.2) is 0 Å². The topological polar surface area (TPSA) is 48.1 Å². The zero-order valence-corrected chi connectivity index (χ0v) is 7.95. The number of nitrogens with zero attached hydrogens (tertiary/aromatic N) is 1. The first-order valence-corrected chi connectivity index (χ1v) is 4.48. The molecule has 2 heterocycles. The van der Waals surface area contributed by atoms with Gasteiger partial charge in [-0.1, -0.05) is 6.07 Å². The molecule has 70 valence electrons. The van der Waals surface area contributed by atoms with Gasteiger partial charge >= 0.3 is 0 Å². The Labute approximate surface area is 77.9 Å². The molecule has 1 aliphatic rings. The molecule has 0 amide bonds. The van der Waals surface area contributed by atoms with Gasteiger partial charge in [0, 0.05) is 24.2 Å². The van der Waals surface area contributed by atoms with Gasteiger partial charge in [0.2, 0.25) is 5.88 Å². The van der Waals surface area contributed by atoms with Gasteiger partial charge in [0.05, 0.1) is 0 Å². The van der Waals surface area contributed by atoms with Crippen LogP contribution < -0.4 is 10.5 Å². The molecule has 0 radical (unpaired) electrons. The van der Waals surface area contributed by atoms with Gasteiger partial charge in [0.1, 0.15) is 5.60 Å². The monoisotopic (exact) mass is 178 g/mol. The number of aromatic nitrogens is 1. The largest absolute Gasteiger partial charge is 0.471 e. The van der Waals surface area contributed by atoms with Crippen LogP contribution in [0.15, 0.2) is 18.3 Å². The Morgan fingerprint density at radius 3 is 3.15 bits per heavy atom. The summed E-state index contributed by atoms with van der Waals surface area (Å²) in [5.74, 6) is 0.686. The maximum Gasteiger partial charge on any atom is 0.218 e. The molecule has 0 fully saturated rings. The molecule has 1 aliphatic heterocycles. The molecule has 2 rings (SSSR count). The Morgan fingerprint density at radius 1 is 1.62 bits per heavy atom. The second kappa shape index (κ2) is 2.70. The normalized spacial score (nSPS) is 24.7. The Bertz CT molecular complexity index is 322. The van der Waals surface area contributed by atoms with Crippen molar-refractivity contribution >= 4 is 0 Å². The number of rotatable bonds is 0. The minimum Gasteiger partial charge on any atom is -0.471 e. The van der Waals surface area contributed by atoms with Gasteiger partial charge in [-0.2, -0.15) is 0 Å². The van der Waals surface area contributed by atoms with Crippen molar-refractivity contribution in [1.82, 2.24) is 4.98 Å². The van der Waals surface area contributed by atoms with Crippen molar-refractivity contribution in [1.29, 1.82) is 0 Å². The summed E-state index contributed by atoms with van der Waals surface area (Å²) < 4.78 is 5.70. The van der Waals surface area contributed by atoms with Crippen LogP contribution in [0.3, 0.4) is 0 Å². The quantitative estimate of drug-likeness (QED) is 0.657. The summed E-state index contributed by atoms with van der Waals surface area (Å²) in [5, 5.41) is 0. The minimum absolute atomic E-state index is 0.0486. The van der Waals surface area contributed by atoms with Crippen molar-refractivity contribution in [2.24, 2.45) is 5.73 Å². The first kappa shape index (κ1) is 8.51. The summed E-state index contributed by atoms with van der Waals surface area (Å²) in [6.07, 6.45) is 2.57. The van der Waals surface area contributed by atoms with E-state index in [9.17, 15) is 0 Å². The molecule has 0 saturated heterocycles. The average molecular weight is 178 g/mol. The van der Waals surface area contributed by atoms with Crippen LogP contribution in [0.1, 0.15) is 31.9 Å². The molecule has 1 aromatic heterocycles. The van der Waals surface area contributed by atoms with E-state index in [1.165, 1.54) is 0 Å². The lowest BCUT2D eigenvalue weighted by Crippen LogP contribution is -2.37. The standard InChI is InChI=1S/C10H14N2O/c1-10(2)6-8(11)7-4-3-5-12-9(7)13-10/h3-5,8H,6,11H2,1-2H3. The molecule has 0 saturated carbocycles. The first-order chi connectivity index (χ1) is 6.08. The number of hydrogen-bond donors (Lipinski definition) is 1. The summed E-state index contributed by atoms with van der Waals surface area (Å²) in [6.45, 7) is 4.06. The summed E-state index contributed by atoms with van der Waals surface area (Å²) in [5.41, 5.74) is 6.82. The zero-order valence-electron chi connectivity index (χ0n) is 7.95. The highest BCUT2D eigenvalue weighted by Gasteiger charge is 2.32. The van der Waals surface area contributed by atoms with Crippen LogP contribution in [0.2, 0.25) is 0 Å². The van der Waals surface area contributed by atoms with E-state index in [0.717, 1.165) is 12.0 Å². The maximum absolute atomic E-state index is 6.00. The van der Waals surface area contributed by atoms with E-state index < -0.39 is 0 Å². The Hall–Kier alpha value is -1.09. The van der Waals surface area contributed by atoms with E-state index in [0.29, 0.717) is 5.88 Å². The van der Waals surface area contributed by atoms with Crippen molar-refractivity contribution in [2.45, 2.75) is 31.9 Å². The molecule has 0 aliphatic carbocycles. The van der Waals surface area contributed by atoms with Crippen LogP contribution in [0.5, 0.6) is 5.88 Å². The van der Waals surface area contributed by atoms with Crippen LogP contribution in [0, 0.1) is 0 Å². The van der Waals surface area contributed by atoms with Crippen molar-refractivity contribution in [3.63, 3.8) is 0 Å². The maximum atomic E-state index is 6.00. The van der Waals surface area contributed by atoms with E-state index in [1.54, 1.807) is 6.20 Å². The lowest BCUT2D eigenvalue weighted by Gasteiger charge is -2.34. The number of fused-ring (bicyclic) bond motifs is 1. The molecule has 1 aromatic rings. The number of nitrogens with two attached hydrogens (primary N) is 1. The second-order valence-electron chi connectivity index (χ2n) is 4.07. The third-order valence-electron chi connectivity index (χ3n) is 2.28. The fourth-order valence-electron chi connectivity index (χ4n) is 1.71. The lowest BCUT2D eigenvalue weighted by molar-refractivity contribution is 0.0667. The fourth-order valence-corrected chi connectivity index (χ4v) is 1.71. The average Bonchev–Trinajstić information content (AvgIpc) is 2.02. The summed E-state index contributed by atoms with van der Waals surface area (Å²) in [7, 11) is 0. The van der Waals surface area contributed by atoms with E-state index in [4.69, 9.17) is 10.5 Å². The molecule has 1 atom stereocenters. The van der Waals surface area contributed by atoms with E-state index in [-0.39, 0.29) is 11.6 Å². The third kappa shape index (κ3) is 1.52. The summed E-state index contributed by atoms with van der Waals surface area (Å²) in [4.78, 5) is 4.16. The van der Waals surface area contributed by atoms with E-state index in [2.05, 4.69) is 4.98 Å². The van der Waals surface area contributed by atoms with Crippen molar-refractivity contribution in [2.75, 3.05) is 0 Å². The van der Waals surface area contributed by atoms with Crippen LogP contribution in [-0.2, 0) is 0 Å². The van der Waals surface area contributed by atoms with Crippen molar-refractivity contribution < 1.29 is 4.74 Å². The minimum atomic E-state index is -0.194. The zero-order chi connectivity index (χ0) is 9.47. The van der Waals surface area contributed by atoms with E-state index in [1.807, 2.05) is 26.0 Å². The molecule has 2 N–H and O–H groups in total. The van der Waals surface area contributed by atoms with Gasteiger partial charge in [0.25, 0.3) is 0 Å². The van der Waals surface area contributed by atoms with Crippen LogP contribution in [0.4, 0.5) is 0 Å². The van der Waals surface area contributed by atoms with Gasteiger partial charge in [-0.05, 0) is 19.9 Å². The van der Waals surface area contributed by atoms with Crippen molar-refractivity contribution in [3.8, 4) is 5.88 Å². The molecule has 0 aromatic carbocycles. The van der Waals surface area contributed by atoms with Crippen LogP contribution >= 0.6 is 0 Å². The van der Waals surface area contributed by atoms with Crippen LogP contribution in [0.25, 0.3) is 0 Å². The van der Waals surface area contributed by atoms with Gasteiger partial charge in [-0.3, -0.25) is 0 Å². The molecule has 3 heteroatoms. The number of ether oxygens (including phenoxy) is 1. The Balaban J connectivity index is 2.43. The fraction of sp³-hybridized carbons (Fsp3) is 0.500. The SMILES string of the molecule is CC1(C)CC(N)c2cccnc2O1. The van der Waals surface area contributed by atoms with Crippen molar-refractivity contribution in [3.05, 3.63) is 23.9 Å². The Kier molecular flexibility index (Phi) is 1.77. The second-order valence-corrected chi connectivity index (χ2v) is 4.07.